The first-order valence-electron chi connectivity index (χ1n) is 6.06. The highest BCUT2D eigenvalue weighted by Gasteiger charge is 2.40. The summed E-state index contributed by atoms with van der Waals surface area (Å²) in [5.41, 5.74) is 0. The maximum Gasteiger partial charge on any atom is 0.307 e. The zero-order valence-electron chi connectivity index (χ0n) is 10.6. The molecule has 0 aromatic carbocycles. The molecular formula is C12H23NO3. The fraction of sp³-hybridized carbons (Fsp3) is 0.917. The summed E-state index contributed by atoms with van der Waals surface area (Å²) < 4.78 is 4.94. The summed E-state index contributed by atoms with van der Waals surface area (Å²) in [6.45, 7) is 9.24. The fourth-order valence-corrected chi connectivity index (χ4v) is 2.37. The molecule has 0 spiro atoms. The third-order valence-corrected chi connectivity index (χ3v) is 3.25. The smallest absolute Gasteiger partial charge is 0.307 e. The maximum atomic E-state index is 11.5. The molecule has 3 atom stereocenters. The van der Waals surface area contributed by atoms with Crippen molar-refractivity contribution in [3.05, 3.63) is 0 Å². The van der Waals surface area contributed by atoms with Crippen LogP contribution >= 0.6 is 0 Å². The lowest BCUT2D eigenvalue weighted by molar-refractivity contribution is -0.145. The highest BCUT2D eigenvalue weighted by molar-refractivity contribution is 5.70. The minimum atomic E-state index is -0.424. The lowest BCUT2D eigenvalue weighted by atomic mass is 10.0. The van der Waals surface area contributed by atoms with Gasteiger partial charge < -0.3 is 9.84 Å². The van der Waals surface area contributed by atoms with Crippen molar-refractivity contribution < 1.29 is 14.6 Å². The number of hydrogen-bond donors (Lipinski definition) is 1. The average Bonchev–Trinajstić information content (AvgIpc) is 2.46. The number of ether oxygens (including phenoxy) is 1. The van der Waals surface area contributed by atoms with Gasteiger partial charge in [-0.05, 0) is 26.7 Å². The molecule has 0 aromatic rings. The Morgan fingerprint density at radius 1 is 1.56 bits per heavy atom. The third-order valence-electron chi connectivity index (χ3n) is 3.25. The number of hydrogen-bond acceptors (Lipinski definition) is 4. The van der Waals surface area contributed by atoms with Crippen LogP contribution in [0.5, 0.6) is 0 Å². The Labute approximate surface area is 97.6 Å². The Bertz CT molecular complexity index is 242. The molecule has 0 amide bonds. The summed E-state index contributed by atoms with van der Waals surface area (Å²) in [6, 6.07) is 0.257. The molecule has 0 radical (unpaired) electrons. The fourth-order valence-electron chi connectivity index (χ4n) is 2.37. The van der Waals surface area contributed by atoms with E-state index in [1.54, 1.807) is 6.92 Å². The van der Waals surface area contributed by atoms with Crippen molar-refractivity contribution in [1.29, 1.82) is 0 Å². The van der Waals surface area contributed by atoms with Crippen LogP contribution < -0.4 is 0 Å². The lowest BCUT2D eigenvalue weighted by Crippen LogP contribution is -2.41. The van der Waals surface area contributed by atoms with Gasteiger partial charge in [0.1, 0.15) is 0 Å². The monoisotopic (exact) mass is 229 g/mol. The van der Waals surface area contributed by atoms with E-state index >= 15 is 0 Å². The van der Waals surface area contributed by atoms with Crippen LogP contribution in [-0.2, 0) is 9.53 Å². The van der Waals surface area contributed by atoms with Crippen LogP contribution in [0.2, 0.25) is 0 Å². The summed E-state index contributed by atoms with van der Waals surface area (Å²) in [4.78, 5) is 13.6. The van der Waals surface area contributed by atoms with Gasteiger partial charge in [0.05, 0.1) is 19.1 Å². The van der Waals surface area contributed by atoms with Crippen molar-refractivity contribution in [2.45, 2.75) is 52.3 Å². The number of likely N-dealkylation sites (tertiary alicyclic amines) is 1. The van der Waals surface area contributed by atoms with Crippen molar-refractivity contribution in [2.24, 2.45) is 5.92 Å². The molecule has 4 nitrogen and oxygen atoms in total. The number of esters is 1. The summed E-state index contributed by atoms with van der Waals surface area (Å²) in [5.74, 6) is 0.00752. The van der Waals surface area contributed by atoms with E-state index in [9.17, 15) is 9.90 Å². The van der Waals surface area contributed by atoms with Crippen LogP contribution in [0.25, 0.3) is 0 Å². The van der Waals surface area contributed by atoms with E-state index < -0.39 is 6.10 Å². The highest BCUT2D eigenvalue weighted by atomic mass is 16.5. The topological polar surface area (TPSA) is 49.8 Å². The SMILES string of the molecule is CCOC(=O)C[C@@H]1[C@@H](O)[C@H](C)CN1C(C)C. The molecule has 0 aromatic heterocycles. The predicted molar refractivity (Wildman–Crippen MR) is 62.1 cm³/mol. The molecule has 0 saturated carbocycles. The van der Waals surface area contributed by atoms with Crippen LogP contribution in [0.1, 0.15) is 34.1 Å². The molecular weight excluding hydrogens is 206 g/mol. The Balaban J connectivity index is 2.63. The number of aliphatic hydroxyl groups is 1. The first-order chi connectivity index (χ1) is 7.47. The number of carbonyl (C=O) groups is 1. The second kappa shape index (κ2) is 5.64. The van der Waals surface area contributed by atoms with Crippen molar-refractivity contribution in [1.82, 2.24) is 4.90 Å². The van der Waals surface area contributed by atoms with Gasteiger partial charge in [0.15, 0.2) is 0 Å². The summed E-state index contributed by atoms with van der Waals surface area (Å²) in [6.07, 6.45) is -0.135. The molecule has 1 N–H and O–H groups in total. The normalized spacial score (nSPS) is 31.0. The van der Waals surface area contributed by atoms with Gasteiger partial charge in [0, 0.05) is 18.6 Å². The average molecular weight is 229 g/mol. The first kappa shape index (κ1) is 13.5. The maximum absolute atomic E-state index is 11.5. The van der Waals surface area contributed by atoms with Crippen molar-refractivity contribution in [3.8, 4) is 0 Å². The molecule has 16 heavy (non-hydrogen) atoms. The predicted octanol–water partition coefficient (Wildman–Crippen LogP) is 1.03. The summed E-state index contributed by atoms with van der Waals surface area (Å²) >= 11 is 0. The Morgan fingerprint density at radius 2 is 2.19 bits per heavy atom. The van der Waals surface area contributed by atoms with E-state index in [0.717, 1.165) is 6.54 Å². The molecule has 1 aliphatic rings. The van der Waals surface area contributed by atoms with Crippen molar-refractivity contribution in [3.63, 3.8) is 0 Å². The molecule has 1 heterocycles. The zero-order valence-corrected chi connectivity index (χ0v) is 10.6. The first-order valence-corrected chi connectivity index (χ1v) is 6.06. The summed E-state index contributed by atoms with van der Waals surface area (Å²) in [5, 5.41) is 10.0. The van der Waals surface area contributed by atoms with Gasteiger partial charge in [-0.25, -0.2) is 0 Å². The van der Waals surface area contributed by atoms with Crippen LogP contribution in [0, 0.1) is 5.92 Å². The van der Waals surface area contributed by atoms with Crippen molar-refractivity contribution in [2.75, 3.05) is 13.2 Å². The zero-order chi connectivity index (χ0) is 12.3. The van der Waals surface area contributed by atoms with E-state index in [0.29, 0.717) is 12.6 Å². The molecule has 1 aliphatic heterocycles. The quantitative estimate of drug-likeness (QED) is 0.732. The second-order valence-corrected chi connectivity index (χ2v) is 4.83. The molecule has 1 fully saturated rings. The molecule has 4 heteroatoms. The van der Waals surface area contributed by atoms with Crippen LogP contribution in [-0.4, -0.2) is 47.3 Å². The van der Waals surface area contributed by atoms with Crippen molar-refractivity contribution >= 4 is 5.97 Å². The van der Waals surface area contributed by atoms with E-state index in [-0.39, 0.29) is 24.3 Å². The van der Waals surface area contributed by atoms with Gasteiger partial charge in [0.25, 0.3) is 0 Å². The van der Waals surface area contributed by atoms with Crippen LogP contribution in [0.3, 0.4) is 0 Å². The molecule has 0 unspecified atom stereocenters. The Kier molecular flexibility index (Phi) is 4.74. The molecule has 0 aliphatic carbocycles. The number of carbonyl (C=O) groups excluding carboxylic acids is 1. The Hall–Kier alpha value is -0.610. The standard InChI is InChI=1S/C12H23NO3/c1-5-16-11(14)6-10-12(15)9(4)7-13(10)8(2)3/h8-10,12,15H,5-7H2,1-4H3/t9-,10-,12+/m1/s1. The molecule has 94 valence electrons. The van der Waals surface area contributed by atoms with Crippen LogP contribution in [0.4, 0.5) is 0 Å². The number of rotatable bonds is 4. The van der Waals surface area contributed by atoms with E-state index in [1.165, 1.54) is 0 Å². The van der Waals surface area contributed by atoms with Gasteiger partial charge in [-0.3, -0.25) is 9.69 Å². The molecule has 1 saturated heterocycles. The number of aliphatic hydroxyl groups excluding tert-OH is 1. The minimum Gasteiger partial charge on any atom is -0.466 e. The third kappa shape index (κ3) is 2.95. The van der Waals surface area contributed by atoms with Gasteiger partial charge >= 0.3 is 5.97 Å². The van der Waals surface area contributed by atoms with Gasteiger partial charge in [-0.1, -0.05) is 6.92 Å². The molecule has 0 bridgehead atoms. The molecule has 1 rings (SSSR count). The second-order valence-electron chi connectivity index (χ2n) is 4.83. The largest absolute Gasteiger partial charge is 0.466 e. The van der Waals surface area contributed by atoms with Gasteiger partial charge in [0.2, 0.25) is 0 Å². The van der Waals surface area contributed by atoms with Gasteiger partial charge in [-0.15, -0.1) is 0 Å². The number of nitrogens with zero attached hydrogens (tertiary/aromatic N) is 1. The highest BCUT2D eigenvalue weighted by Crippen LogP contribution is 2.27. The lowest BCUT2D eigenvalue weighted by Gasteiger charge is -2.28. The van der Waals surface area contributed by atoms with E-state index in [1.807, 2.05) is 6.92 Å². The van der Waals surface area contributed by atoms with E-state index in [2.05, 4.69) is 18.7 Å². The summed E-state index contributed by atoms with van der Waals surface area (Å²) in [7, 11) is 0. The Morgan fingerprint density at radius 3 is 2.69 bits per heavy atom. The minimum absolute atomic E-state index is 0.0888. The van der Waals surface area contributed by atoms with Crippen LogP contribution in [0.15, 0.2) is 0 Å². The van der Waals surface area contributed by atoms with E-state index in [4.69, 9.17) is 4.74 Å². The van der Waals surface area contributed by atoms with Gasteiger partial charge in [-0.2, -0.15) is 0 Å².